The maximum absolute atomic E-state index is 10.4. The molecule has 0 spiro atoms. The molecule has 0 aliphatic carbocycles. The molecule has 0 radical (unpaired) electrons. The summed E-state index contributed by atoms with van der Waals surface area (Å²) < 4.78 is 0. The lowest BCUT2D eigenvalue weighted by Crippen LogP contribution is -2.10. The molecule has 0 aliphatic rings. The lowest BCUT2D eigenvalue weighted by molar-refractivity contribution is -0.117. The number of nitrogens with two attached hydrogens (primary N) is 1. The van der Waals surface area contributed by atoms with Crippen molar-refractivity contribution >= 4 is 5.91 Å². The fraction of sp³-hybridized carbons (Fsp3) is 0.625. The van der Waals surface area contributed by atoms with Gasteiger partial charge in [0.2, 0.25) is 5.91 Å². The van der Waals surface area contributed by atoms with Gasteiger partial charge in [0.05, 0.1) is 0 Å². The summed E-state index contributed by atoms with van der Waals surface area (Å²) in [4.78, 5) is 10.4. The molecule has 0 aliphatic heterocycles. The van der Waals surface area contributed by atoms with Crippen molar-refractivity contribution in [3.05, 3.63) is 11.6 Å². The maximum Gasteiger partial charge on any atom is 0.221 e. The van der Waals surface area contributed by atoms with Gasteiger partial charge in [-0.05, 0) is 12.8 Å². The Morgan fingerprint density at radius 3 is 2.40 bits per heavy atom. The van der Waals surface area contributed by atoms with Crippen LogP contribution in [0.25, 0.3) is 0 Å². The first-order valence-corrected chi connectivity index (χ1v) is 3.48. The fourth-order valence-electron chi connectivity index (χ4n) is 0.903. The van der Waals surface area contributed by atoms with Crippen LogP contribution in [0.5, 0.6) is 0 Å². The molecule has 0 heterocycles. The molecule has 58 valence electrons. The third-order valence-corrected chi connectivity index (χ3v) is 1.07. The SMILES string of the molecule is CC(=CC(C)C)CC(N)=O. The first-order valence-electron chi connectivity index (χ1n) is 3.48. The lowest BCUT2D eigenvalue weighted by Gasteiger charge is -1.99. The second-order valence-corrected chi connectivity index (χ2v) is 2.90. The Bertz CT molecular complexity index is 147. The van der Waals surface area contributed by atoms with Gasteiger partial charge in [-0.25, -0.2) is 0 Å². The molecule has 2 N–H and O–H groups in total. The Labute approximate surface area is 62.1 Å². The van der Waals surface area contributed by atoms with Crippen molar-refractivity contribution in [2.45, 2.75) is 27.2 Å². The van der Waals surface area contributed by atoms with E-state index < -0.39 is 0 Å². The third kappa shape index (κ3) is 5.35. The van der Waals surface area contributed by atoms with Gasteiger partial charge in [0.25, 0.3) is 0 Å². The summed E-state index contributed by atoms with van der Waals surface area (Å²) in [7, 11) is 0. The largest absolute Gasteiger partial charge is 0.369 e. The van der Waals surface area contributed by atoms with Gasteiger partial charge in [-0.2, -0.15) is 0 Å². The Hall–Kier alpha value is -0.790. The van der Waals surface area contributed by atoms with Crippen LogP contribution in [0.2, 0.25) is 0 Å². The average Bonchev–Trinajstić information content (AvgIpc) is 1.58. The molecule has 1 amide bonds. The number of rotatable bonds is 3. The summed E-state index contributed by atoms with van der Waals surface area (Å²) >= 11 is 0. The van der Waals surface area contributed by atoms with Gasteiger partial charge in [0.1, 0.15) is 0 Å². The zero-order valence-electron chi connectivity index (χ0n) is 6.85. The monoisotopic (exact) mass is 141 g/mol. The van der Waals surface area contributed by atoms with Crippen molar-refractivity contribution in [1.29, 1.82) is 0 Å². The second kappa shape index (κ2) is 4.09. The minimum Gasteiger partial charge on any atom is -0.369 e. The van der Waals surface area contributed by atoms with E-state index in [2.05, 4.69) is 13.8 Å². The van der Waals surface area contributed by atoms with E-state index in [0.717, 1.165) is 5.57 Å². The standard InChI is InChI=1S/C8H15NO/c1-6(2)4-7(3)5-8(9)10/h4,6H,5H2,1-3H3,(H2,9,10). The van der Waals surface area contributed by atoms with Crippen LogP contribution in [-0.4, -0.2) is 5.91 Å². The fourth-order valence-corrected chi connectivity index (χ4v) is 0.903. The van der Waals surface area contributed by atoms with E-state index in [1.165, 1.54) is 0 Å². The Morgan fingerprint density at radius 2 is 2.10 bits per heavy atom. The molecule has 0 fully saturated rings. The first-order chi connectivity index (χ1) is 4.52. The number of allylic oxidation sites excluding steroid dienone is 1. The number of amides is 1. The predicted molar refractivity (Wildman–Crippen MR) is 42.4 cm³/mol. The normalized spacial score (nSPS) is 12.2. The highest BCUT2D eigenvalue weighted by molar-refractivity contribution is 5.76. The van der Waals surface area contributed by atoms with Crippen LogP contribution in [0.3, 0.4) is 0 Å². The van der Waals surface area contributed by atoms with E-state index in [1.54, 1.807) is 0 Å². The highest BCUT2D eigenvalue weighted by Crippen LogP contribution is 2.04. The Balaban J connectivity index is 3.82. The van der Waals surface area contributed by atoms with Crippen LogP contribution < -0.4 is 5.73 Å². The van der Waals surface area contributed by atoms with Crippen molar-refractivity contribution < 1.29 is 4.79 Å². The number of primary amides is 1. The summed E-state index contributed by atoms with van der Waals surface area (Å²) in [6, 6.07) is 0. The quantitative estimate of drug-likeness (QED) is 0.594. The molecule has 0 bridgehead atoms. The molecule has 10 heavy (non-hydrogen) atoms. The van der Waals surface area contributed by atoms with Crippen molar-refractivity contribution in [3.8, 4) is 0 Å². The van der Waals surface area contributed by atoms with E-state index >= 15 is 0 Å². The molecule has 0 saturated heterocycles. The van der Waals surface area contributed by atoms with E-state index in [1.807, 2.05) is 13.0 Å². The smallest absolute Gasteiger partial charge is 0.221 e. The highest BCUT2D eigenvalue weighted by Gasteiger charge is 1.96. The zero-order valence-corrected chi connectivity index (χ0v) is 6.85. The number of carbonyl (C=O) groups is 1. The molecule has 0 saturated carbocycles. The molecule has 0 unspecified atom stereocenters. The van der Waals surface area contributed by atoms with Gasteiger partial charge in [-0.1, -0.05) is 25.5 Å². The summed E-state index contributed by atoms with van der Waals surface area (Å²) in [6.45, 7) is 6.07. The van der Waals surface area contributed by atoms with Gasteiger partial charge in [0, 0.05) is 6.42 Å². The van der Waals surface area contributed by atoms with Crippen molar-refractivity contribution in [1.82, 2.24) is 0 Å². The molecular weight excluding hydrogens is 126 g/mol. The van der Waals surface area contributed by atoms with Gasteiger partial charge in [-0.15, -0.1) is 0 Å². The van der Waals surface area contributed by atoms with Crippen LogP contribution in [0, 0.1) is 5.92 Å². The van der Waals surface area contributed by atoms with Crippen LogP contribution in [0.4, 0.5) is 0 Å². The highest BCUT2D eigenvalue weighted by atomic mass is 16.1. The number of hydrogen-bond donors (Lipinski definition) is 1. The average molecular weight is 141 g/mol. The van der Waals surface area contributed by atoms with Gasteiger partial charge >= 0.3 is 0 Å². The third-order valence-electron chi connectivity index (χ3n) is 1.07. The van der Waals surface area contributed by atoms with E-state index in [0.29, 0.717) is 12.3 Å². The molecule has 2 nitrogen and oxygen atoms in total. The van der Waals surface area contributed by atoms with Crippen LogP contribution in [-0.2, 0) is 4.79 Å². The zero-order chi connectivity index (χ0) is 8.15. The second-order valence-electron chi connectivity index (χ2n) is 2.90. The topological polar surface area (TPSA) is 43.1 Å². The number of carbonyl (C=O) groups excluding carboxylic acids is 1. The summed E-state index contributed by atoms with van der Waals surface area (Å²) in [5, 5.41) is 0. The van der Waals surface area contributed by atoms with E-state index in [4.69, 9.17) is 5.73 Å². The summed E-state index contributed by atoms with van der Waals surface area (Å²) in [6.07, 6.45) is 2.43. The molecule has 0 aromatic carbocycles. The molecular formula is C8H15NO. The van der Waals surface area contributed by atoms with Crippen molar-refractivity contribution in [3.63, 3.8) is 0 Å². The summed E-state index contributed by atoms with van der Waals surface area (Å²) in [5.41, 5.74) is 6.05. The van der Waals surface area contributed by atoms with Gasteiger partial charge in [-0.3, -0.25) is 4.79 Å². The van der Waals surface area contributed by atoms with E-state index in [9.17, 15) is 4.79 Å². The molecule has 0 aromatic heterocycles. The van der Waals surface area contributed by atoms with Crippen molar-refractivity contribution in [2.75, 3.05) is 0 Å². The predicted octanol–water partition coefficient (Wildman–Crippen LogP) is 1.46. The molecule has 0 rings (SSSR count). The molecule has 0 atom stereocenters. The summed E-state index contributed by atoms with van der Waals surface area (Å²) in [5.74, 6) is 0.244. The maximum atomic E-state index is 10.4. The van der Waals surface area contributed by atoms with Crippen LogP contribution in [0.15, 0.2) is 11.6 Å². The lowest BCUT2D eigenvalue weighted by atomic mass is 10.1. The van der Waals surface area contributed by atoms with Gasteiger partial charge in [0.15, 0.2) is 0 Å². The molecule has 2 heteroatoms. The van der Waals surface area contributed by atoms with Crippen LogP contribution >= 0.6 is 0 Å². The Morgan fingerprint density at radius 1 is 1.60 bits per heavy atom. The Kier molecular flexibility index (Phi) is 3.77. The first kappa shape index (κ1) is 9.21. The minimum absolute atomic E-state index is 0.255. The minimum atomic E-state index is -0.255. The van der Waals surface area contributed by atoms with Crippen molar-refractivity contribution in [2.24, 2.45) is 11.7 Å². The number of hydrogen-bond acceptors (Lipinski definition) is 1. The van der Waals surface area contributed by atoms with Crippen LogP contribution in [0.1, 0.15) is 27.2 Å². The van der Waals surface area contributed by atoms with Gasteiger partial charge < -0.3 is 5.73 Å². The molecule has 0 aromatic rings. The van der Waals surface area contributed by atoms with E-state index in [-0.39, 0.29) is 5.91 Å².